The second-order valence-electron chi connectivity index (χ2n) is 4.09. The molecular formula is C13H19NO3. The van der Waals surface area contributed by atoms with Crippen LogP contribution in [0, 0.1) is 0 Å². The number of fused-ring (bicyclic) bond motifs is 1. The lowest BCUT2D eigenvalue weighted by molar-refractivity contribution is 0.0924. The molecule has 0 aliphatic carbocycles. The zero-order valence-electron chi connectivity index (χ0n) is 9.89. The number of nitrogens with one attached hydrogen (secondary N) is 1. The number of benzene rings is 1. The molecule has 1 heterocycles. The molecule has 0 fully saturated rings. The third-order valence-corrected chi connectivity index (χ3v) is 2.74. The van der Waals surface area contributed by atoms with Crippen LogP contribution in [0.2, 0.25) is 0 Å². The van der Waals surface area contributed by atoms with Gasteiger partial charge in [-0.1, -0.05) is 18.2 Å². The first kappa shape index (κ1) is 12.4. The van der Waals surface area contributed by atoms with Crippen LogP contribution < -0.4 is 10.1 Å². The van der Waals surface area contributed by atoms with Crippen LogP contribution in [-0.2, 0) is 11.2 Å². The molecule has 1 aromatic carbocycles. The molecule has 0 amide bonds. The Kier molecular flexibility index (Phi) is 4.79. The summed E-state index contributed by atoms with van der Waals surface area (Å²) in [5, 5.41) is 11.8. The lowest BCUT2D eigenvalue weighted by atomic mass is 10.1. The van der Waals surface area contributed by atoms with Crippen LogP contribution in [0.4, 0.5) is 0 Å². The van der Waals surface area contributed by atoms with Crippen molar-refractivity contribution in [2.75, 3.05) is 32.9 Å². The molecule has 0 radical (unpaired) electrons. The molecule has 0 aromatic heterocycles. The molecular weight excluding hydrogens is 218 g/mol. The zero-order chi connectivity index (χ0) is 11.9. The van der Waals surface area contributed by atoms with Crippen molar-refractivity contribution in [3.05, 3.63) is 29.8 Å². The number of para-hydroxylation sites is 1. The molecule has 4 heteroatoms. The number of rotatable bonds is 7. The molecule has 2 rings (SSSR count). The van der Waals surface area contributed by atoms with E-state index in [0.717, 1.165) is 25.3 Å². The monoisotopic (exact) mass is 237 g/mol. The van der Waals surface area contributed by atoms with E-state index in [1.807, 2.05) is 18.2 Å². The van der Waals surface area contributed by atoms with Crippen molar-refractivity contribution < 1.29 is 14.6 Å². The number of aliphatic hydroxyl groups is 1. The molecule has 4 nitrogen and oxygen atoms in total. The summed E-state index contributed by atoms with van der Waals surface area (Å²) in [5.41, 5.74) is 1.29. The summed E-state index contributed by atoms with van der Waals surface area (Å²) in [7, 11) is 0. The van der Waals surface area contributed by atoms with Gasteiger partial charge < -0.3 is 19.9 Å². The van der Waals surface area contributed by atoms with E-state index in [1.165, 1.54) is 5.56 Å². The first-order valence-electron chi connectivity index (χ1n) is 6.04. The second kappa shape index (κ2) is 6.59. The first-order valence-corrected chi connectivity index (χ1v) is 6.04. The molecule has 0 saturated carbocycles. The van der Waals surface area contributed by atoms with Gasteiger partial charge in [0, 0.05) is 19.5 Å². The topological polar surface area (TPSA) is 50.7 Å². The smallest absolute Gasteiger partial charge is 0.123 e. The Hall–Kier alpha value is -1.10. The van der Waals surface area contributed by atoms with Crippen molar-refractivity contribution >= 4 is 0 Å². The Morgan fingerprint density at radius 1 is 1.35 bits per heavy atom. The highest BCUT2D eigenvalue weighted by molar-refractivity contribution is 5.37. The van der Waals surface area contributed by atoms with Gasteiger partial charge in [0.1, 0.15) is 11.9 Å². The fourth-order valence-corrected chi connectivity index (χ4v) is 1.94. The van der Waals surface area contributed by atoms with Crippen LogP contribution in [0.15, 0.2) is 24.3 Å². The van der Waals surface area contributed by atoms with Crippen molar-refractivity contribution in [1.29, 1.82) is 0 Å². The first-order chi connectivity index (χ1) is 8.40. The Labute approximate surface area is 102 Å². The lowest BCUT2D eigenvalue weighted by Gasteiger charge is -2.11. The standard InChI is InChI=1S/C13H19NO3/c15-6-8-16-7-5-14-10-12-9-11-3-1-2-4-13(11)17-12/h1-4,12,14-15H,5-10H2. The van der Waals surface area contributed by atoms with Crippen LogP contribution in [-0.4, -0.2) is 44.1 Å². The fraction of sp³-hybridized carbons (Fsp3) is 0.538. The summed E-state index contributed by atoms with van der Waals surface area (Å²) in [6, 6.07) is 8.16. The van der Waals surface area contributed by atoms with E-state index in [9.17, 15) is 0 Å². The molecule has 2 N–H and O–H groups in total. The van der Waals surface area contributed by atoms with E-state index >= 15 is 0 Å². The van der Waals surface area contributed by atoms with Gasteiger partial charge in [-0.2, -0.15) is 0 Å². The molecule has 0 bridgehead atoms. The van der Waals surface area contributed by atoms with E-state index in [4.69, 9.17) is 14.6 Å². The molecule has 1 atom stereocenters. The fourth-order valence-electron chi connectivity index (χ4n) is 1.94. The lowest BCUT2D eigenvalue weighted by Crippen LogP contribution is -2.32. The van der Waals surface area contributed by atoms with Gasteiger partial charge in [-0.05, 0) is 11.6 Å². The van der Waals surface area contributed by atoms with Crippen molar-refractivity contribution in [2.24, 2.45) is 0 Å². The largest absolute Gasteiger partial charge is 0.488 e. The number of aliphatic hydroxyl groups excluding tert-OH is 1. The Morgan fingerprint density at radius 3 is 3.06 bits per heavy atom. The number of hydrogen-bond donors (Lipinski definition) is 2. The van der Waals surface area contributed by atoms with Crippen LogP contribution in [0.3, 0.4) is 0 Å². The van der Waals surface area contributed by atoms with Crippen molar-refractivity contribution in [3.63, 3.8) is 0 Å². The van der Waals surface area contributed by atoms with Crippen LogP contribution in [0.1, 0.15) is 5.56 Å². The van der Waals surface area contributed by atoms with Crippen molar-refractivity contribution in [2.45, 2.75) is 12.5 Å². The minimum atomic E-state index is 0.0844. The van der Waals surface area contributed by atoms with Gasteiger partial charge in [0.15, 0.2) is 0 Å². The minimum Gasteiger partial charge on any atom is -0.488 e. The maximum absolute atomic E-state index is 8.53. The average Bonchev–Trinajstić information content (AvgIpc) is 2.76. The highest BCUT2D eigenvalue weighted by Gasteiger charge is 2.21. The molecule has 0 spiro atoms. The van der Waals surface area contributed by atoms with Gasteiger partial charge in [0.05, 0.1) is 19.8 Å². The summed E-state index contributed by atoms with van der Waals surface area (Å²) in [4.78, 5) is 0. The summed E-state index contributed by atoms with van der Waals surface area (Å²) in [5.74, 6) is 1.01. The number of ether oxygens (including phenoxy) is 2. The predicted octanol–water partition coefficient (Wildman–Crippen LogP) is 0.589. The van der Waals surface area contributed by atoms with Crippen LogP contribution >= 0.6 is 0 Å². The average molecular weight is 237 g/mol. The zero-order valence-corrected chi connectivity index (χ0v) is 9.89. The third kappa shape index (κ3) is 3.70. The van der Waals surface area contributed by atoms with Gasteiger partial charge in [-0.25, -0.2) is 0 Å². The van der Waals surface area contributed by atoms with Crippen molar-refractivity contribution in [3.8, 4) is 5.75 Å². The minimum absolute atomic E-state index is 0.0844. The van der Waals surface area contributed by atoms with Gasteiger partial charge in [-0.15, -0.1) is 0 Å². The molecule has 17 heavy (non-hydrogen) atoms. The summed E-state index contributed by atoms with van der Waals surface area (Å²) >= 11 is 0. The molecule has 1 aliphatic heterocycles. The molecule has 1 aromatic rings. The van der Waals surface area contributed by atoms with Crippen molar-refractivity contribution in [1.82, 2.24) is 5.32 Å². The molecule has 1 unspecified atom stereocenters. The van der Waals surface area contributed by atoms with Crippen LogP contribution in [0.5, 0.6) is 5.75 Å². The third-order valence-electron chi connectivity index (χ3n) is 2.74. The quantitative estimate of drug-likeness (QED) is 0.681. The second-order valence-corrected chi connectivity index (χ2v) is 4.09. The molecule has 1 aliphatic rings. The highest BCUT2D eigenvalue weighted by atomic mass is 16.5. The molecule has 94 valence electrons. The Morgan fingerprint density at radius 2 is 2.24 bits per heavy atom. The Balaban J connectivity index is 1.60. The predicted molar refractivity (Wildman–Crippen MR) is 65.3 cm³/mol. The Bertz CT molecular complexity index is 318. The van der Waals surface area contributed by atoms with Gasteiger partial charge >= 0.3 is 0 Å². The summed E-state index contributed by atoms with van der Waals surface area (Å²) in [6.45, 7) is 2.74. The van der Waals surface area contributed by atoms with Gasteiger partial charge in [0.25, 0.3) is 0 Å². The normalized spacial score (nSPS) is 17.8. The van der Waals surface area contributed by atoms with E-state index in [-0.39, 0.29) is 12.7 Å². The van der Waals surface area contributed by atoms with E-state index in [2.05, 4.69) is 11.4 Å². The van der Waals surface area contributed by atoms with E-state index in [1.54, 1.807) is 0 Å². The SMILES string of the molecule is OCCOCCNCC1Cc2ccccc2O1. The van der Waals surface area contributed by atoms with Gasteiger partial charge in [-0.3, -0.25) is 0 Å². The summed E-state index contributed by atoms with van der Waals surface area (Å²) in [6.07, 6.45) is 1.20. The maximum Gasteiger partial charge on any atom is 0.123 e. The number of hydrogen-bond acceptors (Lipinski definition) is 4. The molecule has 0 saturated heterocycles. The maximum atomic E-state index is 8.53. The summed E-state index contributed by atoms with van der Waals surface area (Å²) < 4.78 is 10.9. The van der Waals surface area contributed by atoms with E-state index < -0.39 is 0 Å². The van der Waals surface area contributed by atoms with E-state index in [0.29, 0.717) is 13.2 Å². The van der Waals surface area contributed by atoms with Crippen LogP contribution in [0.25, 0.3) is 0 Å². The highest BCUT2D eigenvalue weighted by Crippen LogP contribution is 2.27. The van der Waals surface area contributed by atoms with Gasteiger partial charge in [0.2, 0.25) is 0 Å².